The molecule has 0 aliphatic heterocycles. The predicted molar refractivity (Wildman–Crippen MR) is 50.1 cm³/mol. The Balaban J connectivity index is 2.33. The molecule has 68 valence electrons. The summed E-state index contributed by atoms with van der Waals surface area (Å²) in [4.78, 5) is 2.06. The summed E-state index contributed by atoms with van der Waals surface area (Å²) >= 11 is 3.56. The van der Waals surface area contributed by atoms with Gasteiger partial charge in [0.2, 0.25) is 0 Å². The lowest BCUT2D eigenvalue weighted by molar-refractivity contribution is 0.625. The fourth-order valence-corrected chi connectivity index (χ4v) is 1.14. The lowest BCUT2D eigenvalue weighted by Gasteiger charge is -2.02. The monoisotopic (exact) mass is 232 g/mol. The molecule has 0 bridgehead atoms. The van der Waals surface area contributed by atoms with Gasteiger partial charge in [-0.25, -0.2) is 0 Å². The molecule has 1 rings (SSSR count). The first-order valence-corrected chi connectivity index (χ1v) is 5.01. The van der Waals surface area contributed by atoms with Gasteiger partial charge in [-0.3, -0.25) is 0 Å². The van der Waals surface area contributed by atoms with Gasteiger partial charge in [0.15, 0.2) is 5.82 Å². The first-order chi connectivity index (χ1) is 5.72. The van der Waals surface area contributed by atoms with Crippen LogP contribution < -0.4 is 0 Å². The summed E-state index contributed by atoms with van der Waals surface area (Å²) in [5.74, 6) is 0.829. The van der Waals surface area contributed by atoms with Gasteiger partial charge in [0.25, 0.3) is 0 Å². The molecule has 0 aromatic carbocycles. The van der Waals surface area contributed by atoms with E-state index in [0.717, 1.165) is 25.1 Å². The van der Waals surface area contributed by atoms with Gasteiger partial charge in [-0.15, -0.1) is 10.2 Å². The lowest BCUT2D eigenvalue weighted by atomic mass is 10.2. The second-order valence-electron chi connectivity index (χ2n) is 2.74. The summed E-state index contributed by atoms with van der Waals surface area (Å²) in [5, 5.41) is 11.8. The van der Waals surface area contributed by atoms with Crippen molar-refractivity contribution >= 4 is 15.9 Å². The Labute approximate surface area is 80.5 Å². The molecule has 5 heteroatoms. The van der Waals surface area contributed by atoms with Gasteiger partial charge in [0, 0.05) is 11.2 Å². The van der Waals surface area contributed by atoms with Crippen molar-refractivity contribution in [2.45, 2.75) is 31.0 Å². The topological polar surface area (TPSA) is 43.6 Å². The highest BCUT2D eigenvalue weighted by molar-refractivity contribution is 9.09. The van der Waals surface area contributed by atoms with E-state index >= 15 is 0 Å². The summed E-state index contributed by atoms with van der Waals surface area (Å²) in [6.45, 7) is 2.16. The van der Waals surface area contributed by atoms with Crippen LogP contribution in [0.2, 0.25) is 0 Å². The highest BCUT2D eigenvalue weighted by atomic mass is 79.9. The standard InChI is InChI=1S/C7H13BrN4/c1-3-6(8)4-5-7-9-11-12(2)10-7/h6H,3-5H2,1-2H3. The maximum absolute atomic E-state index is 4.09. The van der Waals surface area contributed by atoms with Crippen molar-refractivity contribution in [1.29, 1.82) is 0 Å². The van der Waals surface area contributed by atoms with Gasteiger partial charge in [-0.05, 0) is 18.1 Å². The lowest BCUT2D eigenvalue weighted by Crippen LogP contribution is -2.00. The number of aryl methyl sites for hydroxylation is 2. The van der Waals surface area contributed by atoms with Crippen LogP contribution in [0.25, 0.3) is 0 Å². The van der Waals surface area contributed by atoms with Crippen LogP contribution in [-0.4, -0.2) is 25.0 Å². The maximum atomic E-state index is 4.09. The van der Waals surface area contributed by atoms with Crippen LogP contribution in [0.4, 0.5) is 0 Å². The number of halogens is 1. The van der Waals surface area contributed by atoms with Crippen LogP contribution >= 0.6 is 15.9 Å². The van der Waals surface area contributed by atoms with E-state index in [1.165, 1.54) is 4.80 Å². The molecule has 1 aromatic heterocycles. The molecule has 0 radical (unpaired) electrons. The highest BCUT2D eigenvalue weighted by Gasteiger charge is 2.04. The average molecular weight is 233 g/mol. The molecule has 0 spiro atoms. The van der Waals surface area contributed by atoms with Crippen molar-refractivity contribution in [2.75, 3.05) is 0 Å². The minimum atomic E-state index is 0.571. The summed E-state index contributed by atoms with van der Waals surface area (Å²) < 4.78 is 0. The second-order valence-corrected chi connectivity index (χ2v) is 4.03. The smallest absolute Gasteiger partial charge is 0.167 e. The molecule has 0 N–H and O–H groups in total. The zero-order chi connectivity index (χ0) is 8.97. The van der Waals surface area contributed by atoms with Crippen LogP contribution in [0.15, 0.2) is 0 Å². The van der Waals surface area contributed by atoms with E-state index in [9.17, 15) is 0 Å². The van der Waals surface area contributed by atoms with Crippen molar-refractivity contribution in [3.05, 3.63) is 5.82 Å². The molecular formula is C7H13BrN4. The molecular weight excluding hydrogens is 220 g/mol. The van der Waals surface area contributed by atoms with E-state index in [1.54, 1.807) is 7.05 Å². The fourth-order valence-electron chi connectivity index (χ4n) is 0.913. The molecule has 0 saturated heterocycles. The van der Waals surface area contributed by atoms with Crippen LogP contribution in [-0.2, 0) is 13.5 Å². The van der Waals surface area contributed by atoms with Crippen LogP contribution in [0, 0.1) is 0 Å². The third-order valence-corrected chi connectivity index (χ3v) is 2.78. The normalized spacial score (nSPS) is 13.2. The quantitative estimate of drug-likeness (QED) is 0.736. The molecule has 0 aliphatic carbocycles. The fraction of sp³-hybridized carbons (Fsp3) is 0.857. The number of hydrogen-bond acceptors (Lipinski definition) is 3. The van der Waals surface area contributed by atoms with E-state index in [0.29, 0.717) is 4.83 Å². The number of rotatable bonds is 4. The first-order valence-electron chi connectivity index (χ1n) is 4.09. The van der Waals surface area contributed by atoms with Gasteiger partial charge in [-0.2, -0.15) is 4.80 Å². The summed E-state index contributed by atoms with van der Waals surface area (Å²) in [5.41, 5.74) is 0. The Morgan fingerprint density at radius 1 is 1.58 bits per heavy atom. The summed E-state index contributed by atoms with van der Waals surface area (Å²) in [6, 6.07) is 0. The number of aromatic nitrogens is 4. The van der Waals surface area contributed by atoms with Crippen molar-refractivity contribution in [3.63, 3.8) is 0 Å². The Morgan fingerprint density at radius 2 is 2.33 bits per heavy atom. The Morgan fingerprint density at radius 3 is 2.83 bits per heavy atom. The van der Waals surface area contributed by atoms with Gasteiger partial charge >= 0.3 is 0 Å². The largest absolute Gasteiger partial charge is 0.174 e. The zero-order valence-electron chi connectivity index (χ0n) is 7.37. The van der Waals surface area contributed by atoms with Crippen molar-refractivity contribution in [3.8, 4) is 0 Å². The molecule has 1 aromatic rings. The van der Waals surface area contributed by atoms with E-state index in [1.807, 2.05) is 0 Å². The van der Waals surface area contributed by atoms with Crippen molar-refractivity contribution in [1.82, 2.24) is 20.2 Å². The van der Waals surface area contributed by atoms with Crippen molar-refractivity contribution in [2.24, 2.45) is 7.05 Å². The second kappa shape index (κ2) is 4.54. The highest BCUT2D eigenvalue weighted by Crippen LogP contribution is 2.11. The third-order valence-electron chi connectivity index (χ3n) is 1.67. The molecule has 1 atom stereocenters. The number of nitrogens with zero attached hydrogens (tertiary/aromatic N) is 4. The minimum Gasteiger partial charge on any atom is -0.167 e. The summed E-state index contributed by atoms with van der Waals surface area (Å²) in [7, 11) is 1.78. The predicted octanol–water partition coefficient (Wildman–Crippen LogP) is 1.32. The Hall–Kier alpha value is -0.450. The van der Waals surface area contributed by atoms with E-state index < -0.39 is 0 Å². The first kappa shape index (κ1) is 9.64. The van der Waals surface area contributed by atoms with Gasteiger partial charge in [0.1, 0.15) is 0 Å². The Kier molecular flexibility index (Phi) is 3.65. The van der Waals surface area contributed by atoms with Crippen LogP contribution in [0.3, 0.4) is 0 Å². The molecule has 0 fully saturated rings. The van der Waals surface area contributed by atoms with Gasteiger partial charge < -0.3 is 0 Å². The molecule has 0 saturated carbocycles. The molecule has 0 aliphatic rings. The van der Waals surface area contributed by atoms with Gasteiger partial charge in [-0.1, -0.05) is 22.9 Å². The Bertz CT molecular complexity index is 235. The van der Waals surface area contributed by atoms with Crippen molar-refractivity contribution < 1.29 is 0 Å². The number of hydrogen-bond donors (Lipinski definition) is 0. The SMILES string of the molecule is CCC(Br)CCc1nnn(C)n1. The van der Waals surface area contributed by atoms with E-state index in [4.69, 9.17) is 0 Å². The number of tetrazole rings is 1. The average Bonchev–Trinajstić information content (AvgIpc) is 2.47. The zero-order valence-corrected chi connectivity index (χ0v) is 8.95. The number of alkyl halides is 1. The van der Waals surface area contributed by atoms with E-state index in [2.05, 4.69) is 38.3 Å². The maximum Gasteiger partial charge on any atom is 0.174 e. The van der Waals surface area contributed by atoms with Crippen LogP contribution in [0.1, 0.15) is 25.6 Å². The molecule has 1 unspecified atom stereocenters. The molecule has 0 amide bonds. The van der Waals surface area contributed by atoms with Gasteiger partial charge in [0.05, 0.1) is 7.05 Å². The molecule has 4 nitrogen and oxygen atoms in total. The molecule has 12 heavy (non-hydrogen) atoms. The molecule has 1 heterocycles. The summed E-state index contributed by atoms with van der Waals surface area (Å²) in [6.07, 6.45) is 3.11. The third kappa shape index (κ3) is 2.89. The van der Waals surface area contributed by atoms with E-state index in [-0.39, 0.29) is 0 Å². The van der Waals surface area contributed by atoms with Crippen LogP contribution in [0.5, 0.6) is 0 Å². The minimum absolute atomic E-state index is 0.571.